The summed E-state index contributed by atoms with van der Waals surface area (Å²) >= 11 is 0. The summed E-state index contributed by atoms with van der Waals surface area (Å²) in [5, 5.41) is 0. The van der Waals surface area contributed by atoms with E-state index < -0.39 is 10.4 Å². The van der Waals surface area contributed by atoms with Gasteiger partial charge in [-0.25, -0.2) is 11.0 Å². The molecule has 0 aromatic rings. The largest absolute Gasteiger partial charge is 1.00 e. The van der Waals surface area contributed by atoms with Crippen LogP contribution in [0, 0.1) is 0 Å². The number of carbonyl (C=O) groups is 2. The van der Waals surface area contributed by atoms with E-state index in [1.165, 1.54) is 89.9 Å². The molecule has 0 heterocycles. The van der Waals surface area contributed by atoms with Crippen LogP contribution in [0.15, 0.2) is 0 Å². The summed E-state index contributed by atoms with van der Waals surface area (Å²) in [5.41, 5.74) is 4.61. The zero-order valence-electron chi connectivity index (χ0n) is 23.4. The number of amides is 2. The van der Waals surface area contributed by atoms with Gasteiger partial charge in [0.15, 0.2) is 0 Å². The van der Waals surface area contributed by atoms with Gasteiger partial charge in [0, 0.05) is 23.2 Å². The molecule has 2 N–H and O–H groups in total. The molecule has 2 amide bonds. The number of hydrogen-bond acceptors (Lipinski definition) is 7. The molecule has 12 heteroatoms. The van der Waals surface area contributed by atoms with Crippen molar-refractivity contribution in [3.05, 3.63) is 0 Å². The van der Waals surface area contributed by atoms with Crippen molar-refractivity contribution in [2.75, 3.05) is 0 Å². The van der Waals surface area contributed by atoms with Crippen molar-refractivity contribution in [1.82, 2.24) is 11.0 Å². The van der Waals surface area contributed by atoms with E-state index in [-0.39, 0.29) is 70.9 Å². The van der Waals surface area contributed by atoms with E-state index in [9.17, 15) is 9.59 Å². The van der Waals surface area contributed by atoms with Gasteiger partial charge in [0.2, 0.25) is 11.8 Å². The molecule has 0 aliphatic rings. The Labute approximate surface area is 264 Å². The smallest absolute Gasteiger partial charge is 0.759 e. The van der Waals surface area contributed by atoms with Crippen LogP contribution in [-0.2, 0) is 24.9 Å². The normalized spacial score (nSPS) is 10.3. The first kappa shape index (κ1) is 43.8. The summed E-state index contributed by atoms with van der Waals surface area (Å²) in [6.45, 7) is 4.47. The summed E-state index contributed by atoms with van der Waals surface area (Å²) in [6, 6.07) is 0. The number of hydroxylamine groups is 2. The van der Waals surface area contributed by atoms with Crippen LogP contribution in [-0.4, -0.2) is 29.3 Å². The van der Waals surface area contributed by atoms with Gasteiger partial charge in [-0.05, 0) is 12.8 Å². The van der Waals surface area contributed by atoms with Crippen LogP contribution >= 0.6 is 0 Å². The van der Waals surface area contributed by atoms with Gasteiger partial charge in [0.05, 0.1) is 0 Å². The number of rotatable bonds is 22. The van der Waals surface area contributed by atoms with Gasteiger partial charge in [0.1, 0.15) is 0 Å². The van der Waals surface area contributed by atoms with E-state index in [0.717, 1.165) is 25.7 Å². The van der Waals surface area contributed by atoms with Gasteiger partial charge in [-0.15, -0.1) is 0 Å². The van der Waals surface area contributed by atoms with E-state index >= 15 is 0 Å². The van der Waals surface area contributed by atoms with Crippen LogP contribution in [0.25, 0.3) is 0 Å². The average Bonchev–Trinajstić information content (AvgIpc) is 2.75. The first-order valence-corrected chi connectivity index (χ1v) is 14.4. The molecule has 0 saturated carbocycles. The Hall–Kier alpha value is 0.770. The fraction of sp³-hybridized carbons (Fsp3) is 0.917. The molecule has 0 spiro atoms. The van der Waals surface area contributed by atoms with Crippen LogP contribution in [0.4, 0.5) is 0 Å². The summed E-state index contributed by atoms with van der Waals surface area (Å²) in [6.07, 6.45) is 22.9. The first-order chi connectivity index (χ1) is 16.2. The SMILES string of the molecule is CCCCCCCCCCCC(=O)NONC(=O)CCCCCCCCCCC.O=S(=O)([O-])[O-].[Na+].[Na+]. The molecule has 0 aromatic carbocycles. The predicted octanol–water partition coefficient (Wildman–Crippen LogP) is -0.423. The Balaban J connectivity index is -0.000000661. The molecule has 0 unspecified atom stereocenters. The van der Waals surface area contributed by atoms with Crippen LogP contribution in [0.5, 0.6) is 0 Å². The second kappa shape index (κ2) is 33.8. The van der Waals surface area contributed by atoms with Crippen LogP contribution in [0.1, 0.15) is 142 Å². The van der Waals surface area contributed by atoms with E-state index in [4.69, 9.17) is 22.5 Å². The van der Waals surface area contributed by atoms with Crippen LogP contribution < -0.4 is 70.1 Å². The molecule has 0 saturated heterocycles. The van der Waals surface area contributed by atoms with Crippen LogP contribution in [0.3, 0.4) is 0 Å². The van der Waals surface area contributed by atoms with E-state index in [0.29, 0.717) is 12.8 Å². The number of hydrogen-bond donors (Lipinski definition) is 2. The summed E-state index contributed by atoms with van der Waals surface area (Å²) in [7, 11) is -5.17. The zero-order valence-corrected chi connectivity index (χ0v) is 28.2. The second-order valence-electron chi connectivity index (χ2n) is 8.72. The van der Waals surface area contributed by atoms with Crippen molar-refractivity contribution in [2.24, 2.45) is 0 Å². The Morgan fingerprint density at radius 2 is 0.778 bits per heavy atom. The molecule has 0 aliphatic carbocycles. The predicted molar refractivity (Wildman–Crippen MR) is 132 cm³/mol. The molecular weight excluding hydrogens is 506 g/mol. The van der Waals surface area contributed by atoms with E-state index in [1.54, 1.807) is 0 Å². The molecule has 36 heavy (non-hydrogen) atoms. The van der Waals surface area contributed by atoms with Gasteiger partial charge < -0.3 is 9.11 Å². The summed E-state index contributed by atoms with van der Waals surface area (Å²) < 4.78 is 34.1. The topological polar surface area (TPSA) is 148 Å². The Morgan fingerprint density at radius 3 is 1.03 bits per heavy atom. The maximum Gasteiger partial charge on any atom is 1.00 e. The molecule has 0 aromatic heterocycles. The third kappa shape index (κ3) is 47.9. The van der Waals surface area contributed by atoms with Crippen molar-refractivity contribution in [3.63, 3.8) is 0 Å². The van der Waals surface area contributed by atoms with E-state index in [2.05, 4.69) is 24.8 Å². The maximum atomic E-state index is 11.7. The van der Waals surface area contributed by atoms with Crippen molar-refractivity contribution < 1.29 is 91.2 Å². The zero-order chi connectivity index (χ0) is 25.9. The van der Waals surface area contributed by atoms with E-state index in [1.807, 2.05) is 0 Å². The third-order valence-electron chi connectivity index (χ3n) is 5.34. The Bertz CT molecular complexity index is 541. The molecule has 0 rings (SSSR count). The fourth-order valence-corrected chi connectivity index (χ4v) is 3.43. The second-order valence-corrected chi connectivity index (χ2v) is 9.53. The van der Waals surface area contributed by atoms with Gasteiger partial charge in [-0.3, -0.25) is 18.0 Å². The quantitative estimate of drug-likeness (QED) is 0.0607. The van der Waals surface area contributed by atoms with Gasteiger partial charge in [-0.1, -0.05) is 117 Å². The molecule has 9 nitrogen and oxygen atoms in total. The molecule has 0 bridgehead atoms. The minimum absolute atomic E-state index is 0. The monoisotopic (exact) mass is 554 g/mol. The maximum absolute atomic E-state index is 11.7. The van der Waals surface area contributed by atoms with Crippen molar-refractivity contribution in [3.8, 4) is 0 Å². The molecular formula is C24H48N2Na2O7S. The minimum atomic E-state index is -5.17. The Kier molecular flexibility index (Phi) is 41.1. The minimum Gasteiger partial charge on any atom is -0.759 e. The fourth-order valence-electron chi connectivity index (χ4n) is 3.43. The standard InChI is InChI=1S/C24H48N2O3.2Na.H2O4S/c1-3-5-7-9-11-13-15-17-19-21-23(27)25-29-26-24(28)22-20-18-16-14-12-10-8-6-4-2;;;1-5(2,3)4/h3-22H2,1-2H3,(H,25,27)(H,26,28);;;(H2,1,2,3,4)/q;2*+1;/p-2. The molecule has 0 atom stereocenters. The number of nitrogens with one attached hydrogen (secondary N) is 2. The Morgan fingerprint density at radius 1 is 0.556 bits per heavy atom. The van der Waals surface area contributed by atoms with Gasteiger partial charge >= 0.3 is 59.1 Å². The molecule has 204 valence electrons. The van der Waals surface area contributed by atoms with Crippen molar-refractivity contribution in [2.45, 2.75) is 142 Å². The summed E-state index contributed by atoms with van der Waals surface area (Å²) in [5.74, 6) is -0.340. The molecule has 0 fully saturated rings. The molecule has 0 aliphatic heterocycles. The van der Waals surface area contributed by atoms with Gasteiger partial charge in [-0.2, -0.15) is 4.94 Å². The average molecular weight is 555 g/mol. The number of unbranched alkanes of at least 4 members (excludes halogenated alkanes) is 16. The van der Waals surface area contributed by atoms with Crippen molar-refractivity contribution in [1.29, 1.82) is 0 Å². The van der Waals surface area contributed by atoms with Crippen molar-refractivity contribution >= 4 is 22.2 Å². The molecule has 0 radical (unpaired) electrons. The first-order valence-electron chi connectivity index (χ1n) is 13.1. The van der Waals surface area contributed by atoms with Gasteiger partial charge in [0.25, 0.3) is 0 Å². The third-order valence-corrected chi connectivity index (χ3v) is 5.34. The summed E-state index contributed by atoms with van der Waals surface area (Å²) in [4.78, 5) is 28.2. The number of carbonyl (C=O) groups excluding carboxylic acids is 2. The van der Waals surface area contributed by atoms with Crippen LogP contribution in [0.2, 0.25) is 0 Å².